The van der Waals surface area contributed by atoms with E-state index in [1.54, 1.807) is 6.08 Å². The minimum atomic E-state index is -1.98. The molecular formula is C68H113NO18. The monoisotopic (exact) mass is 1230 g/mol. The molecule has 0 saturated carbocycles. The van der Waals surface area contributed by atoms with Gasteiger partial charge in [-0.25, -0.2) is 0 Å². The Labute approximate surface area is 519 Å². The fourth-order valence-corrected chi connectivity index (χ4v) is 10.3. The molecule has 0 aliphatic carbocycles. The minimum absolute atomic E-state index is 0.230. The number of hydrogen-bond acceptors (Lipinski definition) is 18. The lowest BCUT2D eigenvalue weighted by Gasteiger charge is -2.48. The Morgan fingerprint density at radius 1 is 0.425 bits per heavy atom. The van der Waals surface area contributed by atoms with Crippen molar-refractivity contribution >= 4 is 5.91 Å². The van der Waals surface area contributed by atoms with Gasteiger partial charge in [-0.15, -0.1) is 0 Å². The summed E-state index contributed by atoms with van der Waals surface area (Å²) >= 11 is 0. The standard InChI is InChI=1S/C68H113NO18/c1-3-5-7-9-11-12-13-14-15-16-17-18-19-20-21-22-23-24-25-26-27-28-29-30-31-32-33-34-35-36-37-38-40-42-44-46-56(74)69-51(52(73)45-43-41-39-10-8-6-4-2)50-82-66-62(80)59(77)64(54(48-71)84-66)87-68-63(81)60(78)65(55(49-72)85-68)86-67-61(79)58(76)57(75)53(47-70)83-67/h5,7,11-12,14-15,17-18,20-21,23-24,26-27,29-30,43,45,51-55,57-68,70-73,75-81H,3-4,6,8-10,13,16,19,22,25,28,31-42,44,46-50H2,1-2H3,(H,69,74)/b7-5-,12-11-,15-14-,18-17-,21-20-,24-23-,27-26-,30-29-,45-43+. The Morgan fingerprint density at radius 3 is 1.24 bits per heavy atom. The van der Waals surface area contributed by atoms with Crippen molar-refractivity contribution in [3.05, 3.63) is 109 Å². The first kappa shape index (κ1) is 77.7. The van der Waals surface area contributed by atoms with E-state index in [4.69, 9.17) is 28.4 Å². The van der Waals surface area contributed by atoms with Crippen LogP contribution in [0.25, 0.3) is 0 Å². The summed E-state index contributed by atoms with van der Waals surface area (Å²) in [6.07, 6.45) is 38.4. The number of carbonyl (C=O) groups excluding carboxylic acids is 1. The fraction of sp³-hybridized carbons (Fsp3) is 0.721. The molecule has 0 aromatic heterocycles. The highest BCUT2D eigenvalue weighted by Gasteiger charge is 2.53. The summed E-state index contributed by atoms with van der Waals surface area (Å²) in [6.45, 7) is 1.50. The Hall–Kier alpha value is -3.55. The van der Waals surface area contributed by atoms with E-state index in [2.05, 4.69) is 116 Å². The van der Waals surface area contributed by atoms with Crippen LogP contribution >= 0.6 is 0 Å². The molecule has 3 fully saturated rings. The van der Waals surface area contributed by atoms with Crippen molar-refractivity contribution in [2.75, 3.05) is 26.4 Å². The largest absolute Gasteiger partial charge is 0.394 e. The predicted octanol–water partition coefficient (Wildman–Crippen LogP) is 7.49. The lowest BCUT2D eigenvalue weighted by Crippen LogP contribution is -2.66. The molecule has 3 aliphatic rings. The van der Waals surface area contributed by atoms with E-state index in [-0.39, 0.29) is 18.9 Å². The van der Waals surface area contributed by atoms with Gasteiger partial charge in [-0.05, 0) is 83.5 Å². The van der Waals surface area contributed by atoms with Crippen molar-refractivity contribution in [1.82, 2.24) is 5.32 Å². The Bertz CT molecular complexity index is 2000. The lowest BCUT2D eigenvalue weighted by molar-refractivity contribution is -0.379. The summed E-state index contributed by atoms with van der Waals surface area (Å²) < 4.78 is 34.1. The van der Waals surface area contributed by atoms with Gasteiger partial charge in [0.05, 0.1) is 38.6 Å². The number of aliphatic hydroxyl groups excluding tert-OH is 11. The van der Waals surface area contributed by atoms with Crippen molar-refractivity contribution in [1.29, 1.82) is 0 Å². The van der Waals surface area contributed by atoms with E-state index in [1.807, 2.05) is 6.08 Å². The summed E-state index contributed by atoms with van der Waals surface area (Å²) in [7, 11) is 0. The molecule has 0 bridgehead atoms. The number of nitrogens with one attached hydrogen (secondary N) is 1. The Morgan fingerprint density at radius 2 is 0.793 bits per heavy atom. The highest BCUT2D eigenvalue weighted by Crippen LogP contribution is 2.33. The van der Waals surface area contributed by atoms with Gasteiger partial charge in [-0.3, -0.25) is 4.79 Å². The van der Waals surface area contributed by atoms with Gasteiger partial charge < -0.3 is 89.9 Å². The zero-order valence-corrected chi connectivity index (χ0v) is 52.2. The van der Waals surface area contributed by atoms with Crippen LogP contribution in [0.2, 0.25) is 0 Å². The predicted molar refractivity (Wildman–Crippen MR) is 337 cm³/mol. The zero-order valence-electron chi connectivity index (χ0n) is 52.2. The molecule has 0 aromatic rings. The Kier molecular flexibility index (Phi) is 43.9. The third kappa shape index (κ3) is 31.8. The quantitative estimate of drug-likeness (QED) is 0.0207. The van der Waals surface area contributed by atoms with E-state index < -0.39 is 124 Å². The molecule has 17 unspecified atom stereocenters. The first-order valence-electron chi connectivity index (χ1n) is 32.6. The average Bonchev–Trinajstić information content (AvgIpc) is 2.35. The zero-order chi connectivity index (χ0) is 63.3. The van der Waals surface area contributed by atoms with E-state index in [0.29, 0.717) is 6.42 Å². The number of hydrogen-bond donors (Lipinski definition) is 12. The summed E-state index contributed by atoms with van der Waals surface area (Å²) in [4.78, 5) is 13.3. The molecule has 0 radical (unpaired) electrons. The molecule has 0 aromatic carbocycles. The number of aliphatic hydroxyl groups is 11. The highest BCUT2D eigenvalue weighted by molar-refractivity contribution is 5.76. The maximum Gasteiger partial charge on any atom is 0.220 e. The maximum absolute atomic E-state index is 13.3. The summed E-state index contributed by atoms with van der Waals surface area (Å²) in [5.41, 5.74) is 0. The number of carbonyl (C=O) groups is 1. The van der Waals surface area contributed by atoms with Gasteiger partial charge in [-0.1, -0.05) is 200 Å². The fourth-order valence-electron chi connectivity index (χ4n) is 10.3. The van der Waals surface area contributed by atoms with Crippen LogP contribution in [0.1, 0.15) is 181 Å². The molecule has 3 rings (SSSR count). The van der Waals surface area contributed by atoms with E-state index in [9.17, 15) is 61.0 Å². The molecule has 498 valence electrons. The Balaban J connectivity index is 1.32. The second-order valence-corrected chi connectivity index (χ2v) is 22.8. The van der Waals surface area contributed by atoms with Crippen molar-refractivity contribution in [3.63, 3.8) is 0 Å². The number of amides is 1. The van der Waals surface area contributed by atoms with Crippen molar-refractivity contribution in [2.24, 2.45) is 0 Å². The van der Waals surface area contributed by atoms with Gasteiger partial charge in [-0.2, -0.15) is 0 Å². The van der Waals surface area contributed by atoms with Gasteiger partial charge in [0, 0.05) is 6.42 Å². The third-order valence-electron chi connectivity index (χ3n) is 15.6. The van der Waals surface area contributed by atoms with E-state index in [1.165, 1.54) is 32.1 Å². The molecule has 0 spiro atoms. The number of unbranched alkanes of at least 4 members (excludes halogenated alkanes) is 15. The maximum atomic E-state index is 13.3. The van der Waals surface area contributed by atoms with Crippen LogP contribution in [0.5, 0.6) is 0 Å². The molecule has 87 heavy (non-hydrogen) atoms. The van der Waals surface area contributed by atoms with E-state index in [0.717, 1.165) is 122 Å². The summed E-state index contributed by atoms with van der Waals surface area (Å²) in [5.74, 6) is -0.291. The van der Waals surface area contributed by atoms with Gasteiger partial charge in [0.1, 0.15) is 73.2 Å². The van der Waals surface area contributed by atoms with Gasteiger partial charge in [0.15, 0.2) is 18.9 Å². The smallest absolute Gasteiger partial charge is 0.220 e. The summed E-state index contributed by atoms with van der Waals surface area (Å²) in [6, 6.07) is -0.979. The topological polar surface area (TPSA) is 307 Å². The second-order valence-electron chi connectivity index (χ2n) is 22.8. The molecule has 3 aliphatic heterocycles. The van der Waals surface area contributed by atoms with Crippen LogP contribution in [0.4, 0.5) is 0 Å². The van der Waals surface area contributed by atoms with Crippen LogP contribution in [-0.4, -0.2) is 193 Å². The minimum Gasteiger partial charge on any atom is -0.394 e. The van der Waals surface area contributed by atoms with Crippen LogP contribution in [0.15, 0.2) is 109 Å². The average molecular weight is 1230 g/mol. The first-order valence-corrected chi connectivity index (χ1v) is 32.6. The molecular weight excluding hydrogens is 1120 g/mol. The van der Waals surface area contributed by atoms with Crippen LogP contribution < -0.4 is 5.32 Å². The van der Waals surface area contributed by atoms with Gasteiger partial charge in [0.25, 0.3) is 0 Å². The second kappa shape index (κ2) is 49.2. The van der Waals surface area contributed by atoms with Crippen molar-refractivity contribution < 1.29 is 89.4 Å². The summed E-state index contributed by atoms with van der Waals surface area (Å²) in [5, 5.41) is 120. The molecule has 1 amide bonds. The van der Waals surface area contributed by atoms with Crippen molar-refractivity contribution in [3.8, 4) is 0 Å². The normalized spacial score (nSPS) is 29.3. The highest BCUT2D eigenvalue weighted by atomic mass is 16.8. The first-order chi connectivity index (χ1) is 42.3. The van der Waals surface area contributed by atoms with Crippen molar-refractivity contribution in [2.45, 2.75) is 285 Å². The van der Waals surface area contributed by atoms with Crippen LogP contribution in [0, 0.1) is 0 Å². The number of allylic oxidation sites excluding steroid dienone is 17. The molecule has 12 N–H and O–H groups in total. The van der Waals surface area contributed by atoms with Crippen LogP contribution in [0.3, 0.4) is 0 Å². The molecule has 3 saturated heterocycles. The number of rotatable bonds is 47. The molecule has 17 atom stereocenters. The van der Waals surface area contributed by atoms with Gasteiger partial charge in [0.2, 0.25) is 5.91 Å². The van der Waals surface area contributed by atoms with Crippen LogP contribution in [-0.2, 0) is 33.2 Å². The molecule has 19 heteroatoms. The van der Waals surface area contributed by atoms with E-state index >= 15 is 0 Å². The van der Waals surface area contributed by atoms with Gasteiger partial charge >= 0.3 is 0 Å². The molecule has 19 nitrogen and oxygen atoms in total. The lowest BCUT2D eigenvalue weighted by atomic mass is 9.96. The number of ether oxygens (including phenoxy) is 6. The third-order valence-corrected chi connectivity index (χ3v) is 15.6. The molecule has 3 heterocycles. The SMILES string of the molecule is CC/C=C\C/C=C\C/C=C\C/C=C\C/C=C\C/C=C\C/C=C\C/C=C\CCCCCCCCCCCCC(=O)NC(COC1OC(CO)C(OC2OC(CO)C(OC3OC(CO)C(O)C(O)C3O)C(O)C2O)C(O)C1O)C(O)/C=C/CCCCCCC.